The van der Waals surface area contributed by atoms with Gasteiger partial charge in [0.05, 0.1) is 11.3 Å². The molecule has 113 valence electrons. The largest absolute Gasteiger partial charge is 0.327 e. The Bertz CT molecular complexity index is 1130. The van der Waals surface area contributed by atoms with Crippen LogP contribution in [0, 0.1) is 6.07 Å². The molecule has 0 fully saturated rings. The van der Waals surface area contributed by atoms with Crippen molar-refractivity contribution in [3.8, 4) is 11.3 Å². The van der Waals surface area contributed by atoms with Crippen LogP contribution in [0.4, 0.5) is 0 Å². The maximum absolute atomic E-state index is 4.82. The molecule has 3 heterocycles. The Morgan fingerprint density at radius 3 is 2.70 bits per heavy atom. The zero-order chi connectivity index (χ0) is 14.5. The van der Waals surface area contributed by atoms with E-state index in [1.54, 1.807) is 0 Å². The van der Waals surface area contributed by atoms with E-state index in [0.717, 1.165) is 33.6 Å². The molecule has 5 aromatic rings. The Morgan fingerprint density at radius 2 is 1.83 bits per heavy atom. The van der Waals surface area contributed by atoms with Crippen LogP contribution in [0.3, 0.4) is 0 Å². The van der Waals surface area contributed by atoms with Crippen molar-refractivity contribution in [2.45, 2.75) is 0 Å². The molecule has 23 heavy (non-hydrogen) atoms. The molecule has 4 nitrogen and oxygen atoms in total. The van der Waals surface area contributed by atoms with Crippen LogP contribution >= 0.6 is 0 Å². The van der Waals surface area contributed by atoms with E-state index >= 15 is 0 Å². The van der Waals surface area contributed by atoms with Gasteiger partial charge in [0.25, 0.3) is 0 Å². The fourth-order valence-corrected chi connectivity index (χ4v) is 2.93. The van der Waals surface area contributed by atoms with E-state index in [9.17, 15) is 0 Å². The predicted octanol–water partition coefficient (Wildman–Crippen LogP) is 3.60. The zero-order valence-electron chi connectivity index (χ0n) is 12.0. The molecule has 0 unspecified atom stereocenters. The van der Waals surface area contributed by atoms with Gasteiger partial charge >= 0.3 is 0 Å². The molecule has 0 bridgehead atoms. The molecule has 0 spiro atoms. The first-order valence-electron chi connectivity index (χ1n) is 7.12. The molecule has 0 saturated carbocycles. The maximum Gasteiger partial charge on any atom is 0.202 e. The molecule has 0 aliphatic heterocycles. The second kappa shape index (κ2) is 5.30. The number of hydrogen-bond acceptors (Lipinski definition) is 2. The van der Waals surface area contributed by atoms with Gasteiger partial charge < -0.3 is 8.80 Å². The first-order chi connectivity index (χ1) is 10.9. The van der Waals surface area contributed by atoms with Gasteiger partial charge in [0.15, 0.2) is 0 Å². The number of imidazole rings is 2. The summed E-state index contributed by atoms with van der Waals surface area (Å²) >= 11 is 0. The fraction of sp³-hybridized carbons (Fsp3) is 0. The summed E-state index contributed by atoms with van der Waals surface area (Å²) in [6.07, 6.45) is 5.81. The van der Waals surface area contributed by atoms with Gasteiger partial charge in [0.1, 0.15) is 0 Å². The molecule has 0 amide bonds. The number of aromatic nitrogens is 4. The first-order valence-corrected chi connectivity index (χ1v) is 7.12. The smallest absolute Gasteiger partial charge is 0.202 e. The van der Waals surface area contributed by atoms with Crippen LogP contribution in [0.25, 0.3) is 33.6 Å². The average molecular weight is 476 g/mol. The molecular formula is C18H11IrN4-. The summed E-state index contributed by atoms with van der Waals surface area (Å²) in [5.41, 5.74) is 3.98. The number of hydrogen-bond donors (Lipinski definition) is 0. The van der Waals surface area contributed by atoms with Gasteiger partial charge in [-0.15, -0.1) is 24.3 Å². The Kier molecular flexibility index (Phi) is 3.26. The van der Waals surface area contributed by atoms with Gasteiger partial charge in [0.2, 0.25) is 5.78 Å². The molecule has 0 atom stereocenters. The van der Waals surface area contributed by atoms with E-state index in [0.29, 0.717) is 0 Å². The van der Waals surface area contributed by atoms with Crippen LogP contribution in [0.2, 0.25) is 0 Å². The van der Waals surface area contributed by atoms with Crippen molar-refractivity contribution in [1.29, 1.82) is 0 Å². The number of fused-ring (bicyclic) bond motifs is 6. The van der Waals surface area contributed by atoms with Gasteiger partial charge in [-0.25, -0.2) is 4.98 Å². The predicted molar refractivity (Wildman–Crippen MR) is 85.7 cm³/mol. The minimum Gasteiger partial charge on any atom is -0.327 e. The third-order valence-corrected chi connectivity index (χ3v) is 3.93. The van der Waals surface area contributed by atoms with E-state index in [-0.39, 0.29) is 20.1 Å². The van der Waals surface area contributed by atoms with Crippen molar-refractivity contribution < 1.29 is 20.1 Å². The number of benzene rings is 2. The molecule has 5 heteroatoms. The topological polar surface area (TPSA) is 34.6 Å². The summed E-state index contributed by atoms with van der Waals surface area (Å²) in [7, 11) is 0. The van der Waals surface area contributed by atoms with E-state index in [1.807, 2.05) is 53.3 Å². The van der Waals surface area contributed by atoms with E-state index in [2.05, 4.69) is 33.7 Å². The molecule has 0 N–H and O–H groups in total. The van der Waals surface area contributed by atoms with Gasteiger partial charge in [-0.3, -0.25) is 4.98 Å². The molecule has 0 aliphatic rings. The Labute approximate surface area is 145 Å². The Hall–Kier alpha value is -2.49. The van der Waals surface area contributed by atoms with Crippen LogP contribution in [0.5, 0.6) is 0 Å². The van der Waals surface area contributed by atoms with Gasteiger partial charge in [-0.1, -0.05) is 35.7 Å². The standard InChI is InChI=1S/C18H11N4.Ir/c1-2-6-13(7-3-1)15-12-22-17(20-15)14-8-4-5-9-16(14)21-11-10-19-18(21)22;/h1-7,9-12H;/q-1;. The van der Waals surface area contributed by atoms with Crippen LogP contribution in [-0.2, 0) is 20.1 Å². The van der Waals surface area contributed by atoms with Crippen molar-refractivity contribution in [3.63, 3.8) is 0 Å². The fourth-order valence-electron chi connectivity index (χ4n) is 2.93. The molecular weight excluding hydrogens is 464 g/mol. The Balaban J connectivity index is 0.00000135. The van der Waals surface area contributed by atoms with E-state index in [1.165, 1.54) is 0 Å². The molecule has 3 aromatic heterocycles. The average Bonchev–Trinajstić information content (AvgIpc) is 3.23. The summed E-state index contributed by atoms with van der Waals surface area (Å²) in [6, 6.07) is 19.5. The summed E-state index contributed by atoms with van der Waals surface area (Å²) in [4.78, 5) is 9.30. The molecule has 2 aromatic carbocycles. The zero-order valence-corrected chi connectivity index (χ0v) is 14.4. The van der Waals surface area contributed by atoms with Gasteiger partial charge in [-0.05, 0) is 5.52 Å². The van der Waals surface area contributed by atoms with Crippen molar-refractivity contribution >= 4 is 22.3 Å². The second-order valence-electron chi connectivity index (χ2n) is 5.21. The van der Waals surface area contributed by atoms with E-state index < -0.39 is 0 Å². The molecule has 0 aliphatic carbocycles. The van der Waals surface area contributed by atoms with Gasteiger partial charge in [0, 0.05) is 44.3 Å². The monoisotopic (exact) mass is 476 g/mol. The van der Waals surface area contributed by atoms with Crippen molar-refractivity contribution in [1.82, 2.24) is 18.8 Å². The third-order valence-electron chi connectivity index (χ3n) is 3.93. The molecule has 1 radical (unpaired) electrons. The number of nitrogens with zero attached hydrogens (tertiary/aromatic N) is 4. The van der Waals surface area contributed by atoms with Crippen LogP contribution in [0.15, 0.2) is 67.1 Å². The molecule has 0 saturated heterocycles. The third kappa shape index (κ3) is 2.01. The number of rotatable bonds is 1. The van der Waals surface area contributed by atoms with Crippen LogP contribution in [0.1, 0.15) is 0 Å². The SMILES string of the molecule is [Ir].[c-]1cccc2c1c1nc(-c3ccccc3)cn1c1nccn21. The second-order valence-corrected chi connectivity index (χ2v) is 5.21. The summed E-state index contributed by atoms with van der Waals surface area (Å²) in [6.45, 7) is 0. The summed E-state index contributed by atoms with van der Waals surface area (Å²) in [5, 5.41) is 0.996. The summed E-state index contributed by atoms with van der Waals surface area (Å²) in [5.74, 6) is 0.858. The normalized spacial score (nSPS) is 11.1. The maximum atomic E-state index is 4.82. The first kappa shape index (κ1) is 14.1. The summed E-state index contributed by atoms with van der Waals surface area (Å²) < 4.78 is 4.09. The van der Waals surface area contributed by atoms with Crippen molar-refractivity contribution in [2.24, 2.45) is 0 Å². The van der Waals surface area contributed by atoms with Crippen LogP contribution < -0.4 is 0 Å². The van der Waals surface area contributed by atoms with Crippen molar-refractivity contribution in [2.75, 3.05) is 0 Å². The minimum absolute atomic E-state index is 0. The van der Waals surface area contributed by atoms with E-state index in [4.69, 9.17) is 4.98 Å². The van der Waals surface area contributed by atoms with Crippen LogP contribution in [-0.4, -0.2) is 18.8 Å². The van der Waals surface area contributed by atoms with Gasteiger partial charge in [-0.2, -0.15) is 0 Å². The minimum atomic E-state index is 0. The quantitative estimate of drug-likeness (QED) is 0.347. The Morgan fingerprint density at radius 1 is 0.957 bits per heavy atom. The van der Waals surface area contributed by atoms with Crippen molar-refractivity contribution in [3.05, 3.63) is 73.2 Å². The molecule has 5 rings (SSSR count).